The largest absolute Gasteiger partial charge is 0.416 e. The molecule has 0 saturated heterocycles. The van der Waals surface area contributed by atoms with Crippen molar-refractivity contribution in [3.63, 3.8) is 0 Å². The fraction of sp³-hybridized carbons (Fsp3) is 0.308. The van der Waals surface area contributed by atoms with Crippen LogP contribution in [0.15, 0.2) is 29.8 Å². The van der Waals surface area contributed by atoms with Gasteiger partial charge in [-0.1, -0.05) is 31.0 Å². The summed E-state index contributed by atoms with van der Waals surface area (Å²) in [4.78, 5) is 11.6. The summed E-state index contributed by atoms with van der Waals surface area (Å²) < 4.78 is 39.7. The SMILES string of the molecule is CCSNC(=O)/C(C)=C/c1ccc(C(F)(F)F)cc1. The lowest BCUT2D eigenvalue weighted by Gasteiger charge is -2.06. The summed E-state index contributed by atoms with van der Waals surface area (Å²) in [5.41, 5.74) is 0.302. The average molecular weight is 289 g/mol. The number of rotatable bonds is 4. The van der Waals surface area contributed by atoms with Crippen LogP contribution in [-0.4, -0.2) is 11.7 Å². The second-order valence-electron chi connectivity index (χ2n) is 3.81. The molecule has 1 aromatic rings. The molecule has 0 saturated carbocycles. The van der Waals surface area contributed by atoms with E-state index in [1.807, 2.05) is 6.92 Å². The first-order valence-electron chi connectivity index (χ1n) is 5.62. The quantitative estimate of drug-likeness (QED) is 0.673. The van der Waals surface area contributed by atoms with Crippen LogP contribution in [0.4, 0.5) is 13.2 Å². The molecule has 0 aliphatic rings. The zero-order chi connectivity index (χ0) is 14.5. The Bertz CT molecular complexity index is 466. The van der Waals surface area contributed by atoms with Gasteiger partial charge >= 0.3 is 6.18 Å². The average Bonchev–Trinajstić information content (AvgIpc) is 2.35. The molecule has 6 heteroatoms. The summed E-state index contributed by atoms with van der Waals surface area (Å²) in [7, 11) is 0. The molecule has 2 nitrogen and oxygen atoms in total. The minimum Gasteiger partial charge on any atom is -0.296 e. The van der Waals surface area contributed by atoms with E-state index in [4.69, 9.17) is 0 Å². The Morgan fingerprint density at radius 2 is 1.89 bits per heavy atom. The highest BCUT2D eigenvalue weighted by Gasteiger charge is 2.29. The summed E-state index contributed by atoms with van der Waals surface area (Å²) >= 11 is 1.27. The molecule has 0 atom stereocenters. The van der Waals surface area contributed by atoms with Crippen LogP contribution >= 0.6 is 11.9 Å². The van der Waals surface area contributed by atoms with Crippen molar-refractivity contribution in [1.29, 1.82) is 0 Å². The van der Waals surface area contributed by atoms with Crippen molar-refractivity contribution in [2.75, 3.05) is 5.75 Å². The molecule has 0 radical (unpaired) electrons. The molecular weight excluding hydrogens is 275 g/mol. The first-order valence-corrected chi connectivity index (χ1v) is 6.61. The Kier molecular flexibility index (Phi) is 5.47. The van der Waals surface area contributed by atoms with Crippen molar-refractivity contribution in [2.45, 2.75) is 20.0 Å². The molecule has 0 fully saturated rings. The van der Waals surface area contributed by atoms with Crippen LogP contribution in [0.5, 0.6) is 0 Å². The van der Waals surface area contributed by atoms with Crippen LogP contribution in [0, 0.1) is 0 Å². The van der Waals surface area contributed by atoms with Crippen LogP contribution in [0.3, 0.4) is 0 Å². The summed E-state index contributed by atoms with van der Waals surface area (Å²) in [5.74, 6) is 0.506. The van der Waals surface area contributed by atoms with E-state index < -0.39 is 11.7 Å². The number of carbonyl (C=O) groups is 1. The molecule has 1 N–H and O–H groups in total. The lowest BCUT2D eigenvalue weighted by atomic mass is 10.1. The third-order valence-electron chi connectivity index (χ3n) is 2.29. The highest BCUT2D eigenvalue weighted by molar-refractivity contribution is 7.97. The fourth-order valence-corrected chi connectivity index (χ4v) is 1.74. The number of nitrogens with one attached hydrogen (secondary N) is 1. The van der Waals surface area contributed by atoms with Gasteiger partial charge in [0.25, 0.3) is 5.91 Å². The predicted octanol–water partition coefficient (Wildman–Crippen LogP) is 3.89. The molecule has 19 heavy (non-hydrogen) atoms. The highest BCUT2D eigenvalue weighted by atomic mass is 32.2. The highest BCUT2D eigenvalue weighted by Crippen LogP contribution is 2.29. The van der Waals surface area contributed by atoms with Crippen LogP contribution in [0.2, 0.25) is 0 Å². The molecule has 0 aliphatic heterocycles. The second kappa shape index (κ2) is 6.65. The van der Waals surface area contributed by atoms with Gasteiger partial charge in [0.1, 0.15) is 0 Å². The van der Waals surface area contributed by atoms with E-state index >= 15 is 0 Å². The van der Waals surface area contributed by atoms with Crippen molar-refractivity contribution >= 4 is 23.9 Å². The molecule has 1 amide bonds. The lowest BCUT2D eigenvalue weighted by Crippen LogP contribution is -2.16. The summed E-state index contributed by atoms with van der Waals surface area (Å²) in [6, 6.07) is 4.68. The van der Waals surface area contributed by atoms with Gasteiger partial charge in [0.2, 0.25) is 0 Å². The maximum atomic E-state index is 12.4. The van der Waals surface area contributed by atoms with E-state index in [-0.39, 0.29) is 5.91 Å². The zero-order valence-electron chi connectivity index (χ0n) is 10.5. The summed E-state index contributed by atoms with van der Waals surface area (Å²) in [6.07, 6.45) is -2.79. The molecule has 0 unspecified atom stereocenters. The smallest absolute Gasteiger partial charge is 0.296 e. The maximum absolute atomic E-state index is 12.4. The van der Waals surface area contributed by atoms with Gasteiger partial charge in [-0.25, -0.2) is 0 Å². The minimum absolute atomic E-state index is 0.244. The second-order valence-corrected chi connectivity index (χ2v) is 4.88. The van der Waals surface area contributed by atoms with Gasteiger partial charge in [0.15, 0.2) is 0 Å². The van der Waals surface area contributed by atoms with Crippen molar-refractivity contribution in [2.24, 2.45) is 0 Å². The maximum Gasteiger partial charge on any atom is 0.416 e. The Morgan fingerprint density at radius 3 is 2.37 bits per heavy atom. The van der Waals surface area contributed by atoms with E-state index in [2.05, 4.69) is 4.72 Å². The van der Waals surface area contributed by atoms with E-state index in [9.17, 15) is 18.0 Å². The molecule has 0 aromatic heterocycles. The molecular formula is C13H14F3NOS. The molecule has 1 aromatic carbocycles. The van der Waals surface area contributed by atoms with Crippen LogP contribution in [0.25, 0.3) is 6.08 Å². The van der Waals surface area contributed by atoms with Crippen molar-refractivity contribution in [3.05, 3.63) is 41.0 Å². The Balaban J connectivity index is 2.79. The van der Waals surface area contributed by atoms with Crippen LogP contribution in [-0.2, 0) is 11.0 Å². The van der Waals surface area contributed by atoms with Crippen molar-refractivity contribution in [1.82, 2.24) is 4.72 Å². The zero-order valence-corrected chi connectivity index (χ0v) is 11.4. The van der Waals surface area contributed by atoms with Gasteiger partial charge in [-0.2, -0.15) is 13.2 Å². The topological polar surface area (TPSA) is 29.1 Å². The molecule has 0 aliphatic carbocycles. The molecule has 1 rings (SSSR count). The minimum atomic E-state index is -4.34. The normalized spacial score (nSPS) is 12.4. The number of halogens is 3. The first-order chi connectivity index (χ1) is 8.84. The molecule has 104 valence electrons. The van der Waals surface area contributed by atoms with E-state index in [0.717, 1.165) is 17.9 Å². The van der Waals surface area contributed by atoms with Crippen molar-refractivity contribution < 1.29 is 18.0 Å². The van der Waals surface area contributed by atoms with Gasteiger partial charge < -0.3 is 0 Å². The third kappa shape index (κ3) is 4.98. The van der Waals surface area contributed by atoms with E-state index in [1.54, 1.807) is 13.0 Å². The number of carbonyl (C=O) groups excluding carboxylic acids is 1. The molecule has 0 spiro atoms. The van der Waals surface area contributed by atoms with Crippen LogP contribution in [0.1, 0.15) is 25.0 Å². The van der Waals surface area contributed by atoms with E-state index in [1.165, 1.54) is 24.1 Å². The lowest BCUT2D eigenvalue weighted by molar-refractivity contribution is -0.137. The summed E-state index contributed by atoms with van der Waals surface area (Å²) in [5, 5.41) is 0. The van der Waals surface area contributed by atoms with Gasteiger partial charge in [-0.05, 0) is 30.7 Å². The monoisotopic (exact) mass is 289 g/mol. The van der Waals surface area contributed by atoms with Gasteiger partial charge in [0.05, 0.1) is 5.56 Å². The number of hydrogen-bond acceptors (Lipinski definition) is 2. The summed E-state index contributed by atoms with van der Waals surface area (Å²) in [6.45, 7) is 3.52. The van der Waals surface area contributed by atoms with Gasteiger partial charge in [0, 0.05) is 11.3 Å². The number of alkyl halides is 3. The standard InChI is InChI=1S/C13H14F3NOS/c1-3-19-17-12(18)9(2)8-10-4-6-11(7-5-10)13(14,15)16/h4-8H,3H2,1-2H3,(H,17,18)/b9-8+. The predicted molar refractivity (Wildman–Crippen MR) is 71.4 cm³/mol. The Hall–Kier alpha value is -1.43. The number of hydrogen-bond donors (Lipinski definition) is 1. The Labute approximate surface area is 114 Å². The molecule has 0 bridgehead atoms. The first kappa shape index (κ1) is 15.6. The van der Waals surface area contributed by atoms with Gasteiger partial charge in [-0.15, -0.1) is 0 Å². The number of amides is 1. The van der Waals surface area contributed by atoms with E-state index in [0.29, 0.717) is 11.1 Å². The fourth-order valence-electron chi connectivity index (χ4n) is 1.30. The van der Waals surface area contributed by atoms with Crippen molar-refractivity contribution in [3.8, 4) is 0 Å². The number of benzene rings is 1. The third-order valence-corrected chi connectivity index (χ3v) is 2.91. The Morgan fingerprint density at radius 1 is 1.32 bits per heavy atom. The van der Waals surface area contributed by atoms with Gasteiger partial charge in [-0.3, -0.25) is 9.52 Å². The van der Waals surface area contributed by atoms with Crippen LogP contribution < -0.4 is 4.72 Å². The molecule has 0 heterocycles.